The molecule has 0 bridgehead atoms. The molecule has 0 atom stereocenters. The lowest BCUT2D eigenvalue weighted by Gasteiger charge is -2.07. The topological polar surface area (TPSA) is 67.0 Å². The number of ether oxygens (including phenoxy) is 1. The molecule has 0 amide bonds. The maximum Gasteiger partial charge on any atom is 0.268 e. The number of unbranched alkanes of at least 4 members (excludes halogenated alkanes) is 1. The van der Waals surface area contributed by atoms with E-state index in [0.29, 0.717) is 18.7 Å². The smallest absolute Gasteiger partial charge is 0.268 e. The standard InChI is InChI=1S/C17H23N3O2/c1-3-5-10-18-12-14-11-16(19-20-17(14)21)13-6-8-15(9-7-13)22-4-2/h6-9,11,18H,3-5,10,12H2,1-2H3,(H,20,21). The summed E-state index contributed by atoms with van der Waals surface area (Å²) in [6, 6.07) is 9.54. The molecule has 0 fully saturated rings. The Kier molecular flexibility index (Phi) is 6.15. The minimum absolute atomic E-state index is 0.140. The van der Waals surface area contributed by atoms with Gasteiger partial charge in [-0.05, 0) is 50.2 Å². The van der Waals surface area contributed by atoms with Gasteiger partial charge in [-0.2, -0.15) is 5.10 Å². The molecule has 0 unspecified atom stereocenters. The number of rotatable bonds is 8. The third-order valence-electron chi connectivity index (χ3n) is 3.36. The first-order valence-corrected chi connectivity index (χ1v) is 7.77. The summed E-state index contributed by atoms with van der Waals surface area (Å²) in [6.07, 6.45) is 2.24. The van der Waals surface area contributed by atoms with Crippen molar-refractivity contribution in [2.75, 3.05) is 13.2 Å². The SMILES string of the molecule is CCCCNCc1cc(-c2ccc(OCC)cc2)n[nH]c1=O. The summed E-state index contributed by atoms with van der Waals surface area (Å²) in [5, 5.41) is 9.97. The van der Waals surface area contributed by atoms with Gasteiger partial charge in [0.05, 0.1) is 12.3 Å². The second-order valence-electron chi connectivity index (χ2n) is 5.10. The van der Waals surface area contributed by atoms with Crippen LogP contribution in [0, 0.1) is 0 Å². The Labute approximate surface area is 130 Å². The second kappa shape index (κ2) is 8.34. The first-order valence-electron chi connectivity index (χ1n) is 7.77. The lowest BCUT2D eigenvalue weighted by atomic mass is 10.1. The Balaban J connectivity index is 2.12. The Hall–Kier alpha value is -2.14. The van der Waals surface area contributed by atoms with Crippen molar-refractivity contribution in [3.8, 4) is 17.0 Å². The molecular formula is C17H23N3O2. The summed E-state index contributed by atoms with van der Waals surface area (Å²) in [5.74, 6) is 0.831. The van der Waals surface area contributed by atoms with E-state index in [2.05, 4.69) is 22.4 Å². The lowest BCUT2D eigenvalue weighted by molar-refractivity contribution is 0.340. The predicted molar refractivity (Wildman–Crippen MR) is 88.1 cm³/mol. The zero-order valence-electron chi connectivity index (χ0n) is 13.2. The maximum absolute atomic E-state index is 11.8. The molecule has 0 spiro atoms. The molecule has 118 valence electrons. The Bertz CT molecular complexity index is 635. The predicted octanol–water partition coefficient (Wildman–Crippen LogP) is 2.73. The number of hydrogen-bond acceptors (Lipinski definition) is 4. The molecule has 22 heavy (non-hydrogen) atoms. The Morgan fingerprint density at radius 1 is 1.23 bits per heavy atom. The third-order valence-corrected chi connectivity index (χ3v) is 3.36. The number of aromatic nitrogens is 2. The quantitative estimate of drug-likeness (QED) is 0.736. The number of benzene rings is 1. The highest BCUT2D eigenvalue weighted by Crippen LogP contribution is 2.20. The molecule has 2 rings (SSSR count). The normalized spacial score (nSPS) is 10.6. The third kappa shape index (κ3) is 4.43. The number of H-pyrrole nitrogens is 1. The van der Waals surface area contributed by atoms with Crippen molar-refractivity contribution in [1.82, 2.24) is 15.5 Å². The minimum atomic E-state index is -0.140. The van der Waals surface area contributed by atoms with Gasteiger partial charge in [0.1, 0.15) is 5.75 Å². The van der Waals surface area contributed by atoms with Crippen molar-refractivity contribution in [2.45, 2.75) is 33.2 Å². The van der Waals surface area contributed by atoms with Crippen LogP contribution in [0.3, 0.4) is 0 Å². The Morgan fingerprint density at radius 2 is 2.00 bits per heavy atom. The molecule has 5 nitrogen and oxygen atoms in total. The molecular weight excluding hydrogens is 278 g/mol. The summed E-state index contributed by atoms with van der Waals surface area (Å²) in [4.78, 5) is 11.8. The van der Waals surface area contributed by atoms with Crippen molar-refractivity contribution in [2.24, 2.45) is 0 Å². The first kappa shape index (κ1) is 16.2. The van der Waals surface area contributed by atoms with Crippen molar-refractivity contribution in [3.63, 3.8) is 0 Å². The van der Waals surface area contributed by atoms with Gasteiger partial charge in [0, 0.05) is 17.7 Å². The number of nitrogens with zero attached hydrogens (tertiary/aromatic N) is 1. The summed E-state index contributed by atoms with van der Waals surface area (Å²) in [5.41, 5.74) is 2.28. The van der Waals surface area contributed by atoms with Gasteiger partial charge >= 0.3 is 0 Å². The fraction of sp³-hybridized carbons (Fsp3) is 0.412. The van der Waals surface area contributed by atoms with Gasteiger partial charge in [0.15, 0.2) is 0 Å². The lowest BCUT2D eigenvalue weighted by Crippen LogP contribution is -2.22. The van der Waals surface area contributed by atoms with Gasteiger partial charge in [-0.1, -0.05) is 13.3 Å². The van der Waals surface area contributed by atoms with Crippen molar-refractivity contribution in [1.29, 1.82) is 0 Å². The van der Waals surface area contributed by atoms with Crippen LogP contribution in [0.5, 0.6) is 5.75 Å². The zero-order valence-corrected chi connectivity index (χ0v) is 13.2. The van der Waals surface area contributed by atoms with Crippen LogP contribution in [0.2, 0.25) is 0 Å². The van der Waals surface area contributed by atoms with Gasteiger partial charge < -0.3 is 10.1 Å². The molecule has 1 aromatic heterocycles. The largest absolute Gasteiger partial charge is 0.494 e. The van der Waals surface area contributed by atoms with Crippen molar-refractivity contribution < 1.29 is 4.74 Å². The van der Waals surface area contributed by atoms with Crippen LogP contribution in [0.15, 0.2) is 35.1 Å². The summed E-state index contributed by atoms with van der Waals surface area (Å²) < 4.78 is 5.43. The van der Waals surface area contributed by atoms with E-state index in [4.69, 9.17) is 4.74 Å². The van der Waals surface area contributed by atoms with Gasteiger partial charge in [-0.15, -0.1) is 0 Å². The van der Waals surface area contributed by atoms with Crippen molar-refractivity contribution >= 4 is 0 Å². The second-order valence-corrected chi connectivity index (χ2v) is 5.10. The van der Waals surface area contributed by atoms with E-state index < -0.39 is 0 Å². The van der Waals surface area contributed by atoms with Crippen LogP contribution in [-0.4, -0.2) is 23.3 Å². The molecule has 0 aliphatic heterocycles. The monoisotopic (exact) mass is 301 g/mol. The number of aromatic amines is 1. The molecule has 0 aliphatic rings. The van der Waals surface area contributed by atoms with Crippen LogP contribution in [-0.2, 0) is 6.54 Å². The number of nitrogens with one attached hydrogen (secondary N) is 2. The van der Waals surface area contributed by atoms with Gasteiger partial charge in [-0.25, -0.2) is 5.10 Å². The average Bonchev–Trinajstić information content (AvgIpc) is 2.54. The highest BCUT2D eigenvalue weighted by Gasteiger charge is 2.05. The van der Waals surface area contributed by atoms with E-state index in [-0.39, 0.29) is 5.56 Å². The van der Waals surface area contributed by atoms with Gasteiger partial charge in [0.25, 0.3) is 5.56 Å². The fourth-order valence-electron chi connectivity index (χ4n) is 2.14. The van der Waals surface area contributed by atoms with Crippen LogP contribution in [0.25, 0.3) is 11.3 Å². The fourth-order valence-corrected chi connectivity index (χ4v) is 2.14. The van der Waals surface area contributed by atoms with Crippen LogP contribution < -0.4 is 15.6 Å². The molecule has 5 heteroatoms. The summed E-state index contributed by atoms with van der Waals surface area (Å²) >= 11 is 0. The van der Waals surface area contributed by atoms with Crippen LogP contribution >= 0.6 is 0 Å². The summed E-state index contributed by atoms with van der Waals surface area (Å²) in [7, 11) is 0. The molecule has 0 radical (unpaired) electrons. The molecule has 1 aromatic carbocycles. The highest BCUT2D eigenvalue weighted by atomic mass is 16.5. The zero-order chi connectivity index (χ0) is 15.8. The van der Waals surface area contributed by atoms with Crippen molar-refractivity contribution in [3.05, 3.63) is 46.2 Å². The maximum atomic E-state index is 11.8. The van der Waals surface area contributed by atoms with E-state index >= 15 is 0 Å². The highest BCUT2D eigenvalue weighted by molar-refractivity contribution is 5.60. The number of hydrogen-bond donors (Lipinski definition) is 2. The molecule has 0 saturated carbocycles. The van der Waals surface area contributed by atoms with Gasteiger partial charge in [0.2, 0.25) is 0 Å². The summed E-state index contributed by atoms with van der Waals surface area (Å²) in [6.45, 7) is 6.21. The first-order chi connectivity index (χ1) is 10.7. The van der Waals surface area contributed by atoms with Gasteiger partial charge in [-0.3, -0.25) is 4.79 Å². The van der Waals surface area contributed by atoms with E-state index in [1.807, 2.05) is 37.3 Å². The molecule has 0 aliphatic carbocycles. The van der Waals surface area contributed by atoms with E-state index in [1.54, 1.807) is 0 Å². The van der Waals surface area contributed by atoms with Crippen LogP contribution in [0.1, 0.15) is 32.3 Å². The average molecular weight is 301 g/mol. The molecule has 0 saturated heterocycles. The molecule has 2 aromatic rings. The molecule has 1 heterocycles. The van der Waals surface area contributed by atoms with E-state index in [1.165, 1.54) is 0 Å². The van der Waals surface area contributed by atoms with E-state index in [0.717, 1.165) is 36.4 Å². The molecule has 2 N–H and O–H groups in total. The Morgan fingerprint density at radius 3 is 2.68 bits per heavy atom. The van der Waals surface area contributed by atoms with E-state index in [9.17, 15) is 4.79 Å². The minimum Gasteiger partial charge on any atom is -0.494 e. The van der Waals surface area contributed by atoms with Crippen LogP contribution in [0.4, 0.5) is 0 Å².